The van der Waals surface area contributed by atoms with Crippen molar-refractivity contribution in [3.05, 3.63) is 0 Å². The van der Waals surface area contributed by atoms with Gasteiger partial charge in [0, 0.05) is 0 Å². The van der Waals surface area contributed by atoms with Gasteiger partial charge in [-0.25, -0.2) is 0 Å². The summed E-state index contributed by atoms with van der Waals surface area (Å²) in [6, 6.07) is 0. The number of hydrogen-bond acceptors (Lipinski definition) is 0. The van der Waals surface area contributed by atoms with E-state index in [1.807, 2.05) is 0 Å². The molecular formula is C16H30. The Bertz CT molecular complexity index is 240. The van der Waals surface area contributed by atoms with Crippen LogP contribution >= 0.6 is 0 Å². The van der Waals surface area contributed by atoms with Crippen LogP contribution in [0.15, 0.2) is 0 Å². The molecule has 0 nitrogen and oxygen atoms in total. The van der Waals surface area contributed by atoms with E-state index in [0.29, 0.717) is 5.41 Å². The molecule has 2 saturated carbocycles. The third-order valence-corrected chi connectivity index (χ3v) is 6.00. The normalized spacial score (nSPS) is 39.6. The first-order valence-electron chi connectivity index (χ1n) is 7.51. The molecule has 2 aliphatic rings. The topological polar surface area (TPSA) is 0 Å². The Morgan fingerprint density at radius 3 is 2.44 bits per heavy atom. The minimum Gasteiger partial charge on any atom is -0.0654 e. The molecule has 0 bridgehead atoms. The molecule has 0 aromatic carbocycles. The summed E-state index contributed by atoms with van der Waals surface area (Å²) in [7, 11) is 0. The third kappa shape index (κ3) is 2.05. The van der Waals surface area contributed by atoms with Gasteiger partial charge in [0.2, 0.25) is 0 Å². The Kier molecular flexibility index (Phi) is 3.39. The number of hydrogen-bond donors (Lipinski definition) is 0. The molecule has 0 aromatic heterocycles. The quantitative estimate of drug-likeness (QED) is 0.605. The Morgan fingerprint density at radius 1 is 1.19 bits per heavy atom. The zero-order valence-corrected chi connectivity index (χ0v) is 11.9. The van der Waals surface area contributed by atoms with Crippen LogP contribution in [-0.2, 0) is 0 Å². The fourth-order valence-corrected chi connectivity index (χ4v) is 4.21. The van der Waals surface area contributed by atoms with E-state index in [2.05, 4.69) is 34.6 Å². The van der Waals surface area contributed by atoms with Crippen LogP contribution in [0.4, 0.5) is 0 Å². The summed E-state index contributed by atoms with van der Waals surface area (Å²) in [6.07, 6.45) is 7.34. The van der Waals surface area contributed by atoms with Gasteiger partial charge < -0.3 is 0 Å². The summed E-state index contributed by atoms with van der Waals surface area (Å²) in [4.78, 5) is 0. The highest BCUT2D eigenvalue weighted by Crippen LogP contribution is 2.63. The van der Waals surface area contributed by atoms with Crippen molar-refractivity contribution in [2.24, 2.45) is 35.0 Å². The Balaban J connectivity index is 2.06. The molecule has 0 amide bonds. The second kappa shape index (κ2) is 4.35. The van der Waals surface area contributed by atoms with Crippen LogP contribution in [0.1, 0.15) is 66.7 Å². The first kappa shape index (κ1) is 12.5. The van der Waals surface area contributed by atoms with E-state index in [1.165, 1.54) is 19.3 Å². The average Bonchev–Trinajstić information content (AvgIpc) is 2.91. The highest BCUT2D eigenvalue weighted by molar-refractivity contribution is 5.04. The molecule has 0 heterocycles. The molecule has 16 heavy (non-hydrogen) atoms. The summed E-state index contributed by atoms with van der Waals surface area (Å²) in [5.41, 5.74) is 0.550. The van der Waals surface area contributed by atoms with Gasteiger partial charge in [0.15, 0.2) is 0 Å². The molecule has 0 heteroatoms. The van der Waals surface area contributed by atoms with Gasteiger partial charge in [0.1, 0.15) is 0 Å². The lowest BCUT2D eigenvalue weighted by Gasteiger charge is -2.39. The molecule has 0 saturated heterocycles. The Hall–Kier alpha value is 0. The molecular weight excluding hydrogens is 192 g/mol. The van der Waals surface area contributed by atoms with Crippen LogP contribution in [0.5, 0.6) is 0 Å². The maximum Gasteiger partial charge on any atom is -0.0324 e. The van der Waals surface area contributed by atoms with Crippen LogP contribution in [0.3, 0.4) is 0 Å². The van der Waals surface area contributed by atoms with Crippen molar-refractivity contribution >= 4 is 0 Å². The summed E-state index contributed by atoms with van der Waals surface area (Å²) >= 11 is 0. The smallest absolute Gasteiger partial charge is 0.0324 e. The summed E-state index contributed by atoms with van der Waals surface area (Å²) in [5.74, 6) is 5.30. The number of fused-ring (bicyclic) bond motifs is 1. The summed E-state index contributed by atoms with van der Waals surface area (Å²) in [6.45, 7) is 12.2. The highest BCUT2D eigenvalue weighted by atomic mass is 14.6. The lowest BCUT2D eigenvalue weighted by Crippen LogP contribution is -2.31. The second-order valence-electron chi connectivity index (χ2n) is 7.15. The first-order chi connectivity index (χ1) is 7.51. The van der Waals surface area contributed by atoms with Gasteiger partial charge in [-0.05, 0) is 47.8 Å². The standard InChI is InChI=1S/C16H30/c1-6-8-12-9-13-10-14(13)15(12)11(3)16(4,5)7-2/h11-15H,6-10H2,1-5H3. The van der Waals surface area contributed by atoms with Gasteiger partial charge in [-0.2, -0.15) is 0 Å². The van der Waals surface area contributed by atoms with Crippen molar-refractivity contribution in [2.45, 2.75) is 66.7 Å². The maximum atomic E-state index is 2.54. The monoisotopic (exact) mass is 222 g/mol. The molecule has 94 valence electrons. The summed E-state index contributed by atoms with van der Waals surface area (Å²) in [5, 5.41) is 0. The zero-order chi connectivity index (χ0) is 11.9. The van der Waals surface area contributed by atoms with Crippen LogP contribution in [0, 0.1) is 35.0 Å². The first-order valence-corrected chi connectivity index (χ1v) is 7.51. The molecule has 0 aromatic rings. The van der Waals surface area contributed by atoms with Gasteiger partial charge in [-0.15, -0.1) is 0 Å². The van der Waals surface area contributed by atoms with E-state index in [4.69, 9.17) is 0 Å². The minimum atomic E-state index is 0.550. The van der Waals surface area contributed by atoms with Gasteiger partial charge >= 0.3 is 0 Å². The maximum absolute atomic E-state index is 2.54. The van der Waals surface area contributed by atoms with Crippen LogP contribution < -0.4 is 0 Å². The molecule has 0 radical (unpaired) electrons. The van der Waals surface area contributed by atoms with E-state index in [9.17, 15) is 0 Å². The van der Waals surface area contributed by atoms with Crippen molar-refractivity contribution in [1.29, 1.82) is 0 Å². The van der Waals surface area contributed by atoms with Crippen molar-refractivity contribution in [1.82, 2.24) is 0 Å². The molecule has 2 aliphatic carbocycles. The predicted octanol–water partition coefficient (Wildman–Crippen LogP) is 5.13. The molecule has 0 aliphatic heterocycles. The fraction of sp³-hybridized carbons (Fsp3) is 1.00. The average molecular weight is 222 g/mol. The highest BCUT2D eigenvalue weighted by Gasteiger charge is 2.55. The lowest BCUT2D eigenvalue weighted by atomic mass is 9.66. The Morgan fingerprint density at radius 2 is 1.88 bits per heavy atom. The van der Waals surface area contributed by atoms with Crippen LogP contribution in [0.2, 0.25) is 0 Å². The van der Waals surface area contributed by atoms with Gasteiger partial charge in [0.05, 0.1) is 0 Å². The molecule has 5 atom stereocenters. The Labute approximate surface area is 102 Å². The van der Waals surface area contributed by atoms with Gasteiger partial charge in [-0.1, -0.05) is 53.9 Å². The third-order valence-electron chi connectivity index (χ3n) is 6.00. The SMILES string of the molecule is CCCC1CC2CC2C1C(C)C(C)(C)CC. The van der Waals surface area contributed by atoms with Gasteiger partial charge in [0.25, 0.3) is 0 Å². The van der Waals surface area contributed by atoms with E-state index in [-0.39, 0.29) is 0 Å². The molecule has 2 rings (SSSR count). The molecule has 5 unspecified atom stereocenters. The predicted molar refractivity (Wildman–Crippen MR) is 71.3 cm³/mol. The zero-order valence-electron chi connectivity index (χ0n) is 11.9. The van der Waals surface area contributed by atoms with Crippen LogP contribution in [0.25, 0.3) is 0 Å². The van der Waals surface area contributed by atoms with E-state index in [1.54, 1.807) is 12.8 Å². The van der Waals surface area contributed by atoms with E-state index < -0.39 is 0 Å². The fourth-order valence-electron chi connectivity index (χ4n) is 4.21. The van der Waals surface area contributed by atoms with E-state index in [0.717, 1.165) is 29.6 Å². The summed E-state index contributed by atoms with van der Waals surface area (Å²) < 4.78 is 0. The second-order valence-corrected chi connectivity index (χ2v) is 7.15. The van der Waals surface area contributed by atoms with E-state index >= 15 is 0 Å². The van der Waals surface area contributed by atoms with Crippen molar-refractivity contribution in [3.8, 4) is 0 Å². The molecule has 0 N–H and O–H groups in total. The minimum absolute atomic E-state index is 0.550. The molecule has 0 spiro atoms. The largest absolute Gasteiger partial charge is 0.0654 e. The molecule has 2 fully saturated rings. The van der Waals surface area contributed by atoms with Crippen molar-refractivity contribution in [3.63, 3.8) is 0 Å². The van der Waals surface area contributed by atoms with Gasteiger partial charge in [-0.3, -0.25) is 0 Å². The van der Waals surface area contributed by atoms with Crippen molar-refractivity contribution < 1.29 is 0 Å². The van der Waals surface area contributed by atoms with Crippen LogP contribution in [-0.4, -0.2) is 0 Å². The van der Waals surface area contributed by atoms with Crippen molar-refractivity contribution in [2.75, 3.05) is 0 Å². The number of rotatable bonds is 5. The lowest BCUT2D eigenvalue weighted by molar-refractivity contribution is 0.101.